The summed E-state index contributed by atoms with van der Waals surface area (Å²) in [5.41, 5.74) is 1.19. The lowest BCUT2D eigenvalue weighted by Crippen LogP contribution is -2.13. The second-order valence-electron chi connectivity index (χ2n) is 3.80. The van der Waals surface area contributed by atoms with Crippen LogP contribution in [0, 0.1) is 6.92 Å². The van der Waals surface area contributed by atoms with Gasteiger partial charge >= 0.3 is 5.97 Å². The van der Waals surface area contributed by atoms with Crippen LogP contribution in [0.3, 0.4) is 0 Å². The Morgan fingerprint density at radius 1 is 1.37 bits per heavy atom. The predicted octanol–water partition coefficient (Wildman–Crippen LogP) is 2.03. The third-order valence-electron chi connectivity index (χ3n) is 2.44. The fraction of sp³-hybridized carbons (Fsp3) is 0.286. The number of ether oxygens (including phenoxy) is 2. The second-order valence-corrected chi connectivity index (χ2v) is 3.80. The molecular formula is C14H16O5. The molecule has 1 aromatic carbocycles. The van der Waals surface area contributed by atoms with Gasteiger partial charge in [-0.15, -0.1) is 0 Å². The fourth-order valence-electron chi connectivity index (χ4n) is 1.54. The number of aryl methyl sites for hydroxylation is 1. The molecule has 0 spiro atoms. The van der Waals surface area contributed by atoms with E-state index < -0.39 is 11.8 Å². The van der Waals surface area contributed by atoms with Crippen molar-refractivity contribution >= 4 is 17.5 Å². The minimum atomic E-state index is -1.02. The van der Waals surface area contributed by atoms with Crippen molar-refractivity contribution < 1.29 is 24.2 Å². The number of carbonyl (C=O) groups excluding carboxylic acids is 2. The molecule has 1 N–H and O–H groups in total. The number of benzene rings is 1. The molecule has 1 rings (SSSR count). The first-order valence-corrected chi connectivity index (χ1v) is 5.76. The first-order valence-electron chi connectivity index (χ1n) is 5.76. The van der Waals surface area contributed by atoms with Crippen molar-refractivity contribution in [1.29, 1.82) is 0 Å². The smallest absolute Gasteiger partial charge is 0.378 e. The molecule has 0 heterocycles. The lowest BCUT2D eigenvalue weighted by atomic mass is 10.1. The number of hydrogen-bond donors (Lipinski definition) is 1. The van der Waals surface area contributed by atoms with Gasteiger partial charge in [0.05, 0.1) is 13.7 Å². The predicted molar refractivity (Wildman–Crippen MR) is 70.0 cm³/mol. The molecule has 1 aromatic rings. The van der Waals surface area contributed by atoms with Crippen LogP contribution >= 0.6 is 0 Å². The molecule has 0 saturated carbocycles. The third kappa shape index (κ3) is 3.84. The van der Waals surface area contributed by atoms with Crippen molar-refractivity contribution in [2.45, 2.75) is 13.8 Å². The number of carbonyl (C=O) groups is 2. The van der Waals surface area contributed by atoms with Crippen LogP contribution in [-0.4, -0.2) is 30.6 Å². The van der Waals surface area contributed by atoms with Gasteiger partial charge < -0.3 is 14.6 Å². The van der Waals surface area contributed by atoms with Crippen LogP contribution in [0.25, 0.3) is 5.76 Å². The van der Waals surface area contributed by atoms with Crippen molar-refractivity contribution in [1.82, 2.24) is 0 Å². The van der Waals surface area contributed by atoms with E-state index in [9.17, 15) is 14.7 Å². The number of aliphatic hydroxyl groups is 1. The van der Waals surface area contributed by atoms with Crippen LogP contribution in [0.1, 0.15) is 18.1 Å². The van der Waals surface area contributed by atoms with Crippen molar-refractivity contribution in [3.8, 4) is 5.75 Å². The zero-order valence-electron chi connectivity index (χ0n) is 11.1. The Labute approximate surface area is 111 Å². The molecule has 0 aliphatic heterocycles. The topological polar surface area (TPSA) is 72.8 Å². The summed E-state index contributed by atoms with van der Waals surface area (Å²) in [5.74, 6) is -1.53. The molecule has 0 aliphatic rings. The van der Waals surface area contributed by atoms with E-state index in [-0.39, 0.29) is 5.76 Å². The highest BCUT2D eigenvalue weighted by Gasteiger charge is 2.14. The zero-order valence-corrected chi connectivity index (χ0v) is 11.1. The monoisotopic (exact) mass is 264 g/mol. The minimum Gasteiger partial charge on any atom is -0.507 e. The zero-order chi connectivity index (χ0) is 14.4. The molecule has 102 valence electrons. The maximum absolute atomic E-state index is 11.3. The molecular weight excluding hydrogens is 248 g/mol. The first kappa shape index (κ1) is 14.8. The molecule has 0 atom stereocenters. The quantitative estimate of drug-likeness (QED) is 0.381. The summed E-state index contributed by atoms with van der Waals surface area (Å²) in [4.78, 5) is 22.3. The SMILES string of the molecule is CCOc1ccc(/C(O)=C/C(=O)C(=O)OC)c(C)c1. The fourth-order valence-corrected chi connectivity index (χ4v) is 1.54. The van der Waals surface area contributed by atoms with Crippen LogP contribution in [0.2, 0.25) is 0 Å². The van der Waals surface area contributed by atoms with Gasteiger partial charge in [0.15, 0.2) is 0 Å². The molecule has 0 aliphatic carbocycles. The highest BCUT2D eigenvalue weighted by molar-refractivity contribution is 6.39. The average molecular weight is 264 g/mol. The molecule has 0 unspecified atom stereocenters. The van der Waals surface area contributed by atoms with Gasteiger partial charge in [0.1, 0.15) is 11.5 Å². The van der Waals surface area contributed by atoms with E-state index in [2.05, 4.69) is 4.74 Å². The van der Waals surface area contributed by atoms with E-state index in [1.165, 1.54) is 0 Å². The van der Waals surface area contributed by atoms with Crippen LogP contribution < -0.4 is 4.74 Å². The molecule has 0 fully saturated rings. The molecule has 19 heavy (non-hydrogen) atoms. The highest BCUT2D eigenvalue weighted by Crippen LogP contribution is 2.22. The molecule has 5 heteroatoms. The van der Waals surface area contributed by atoms with Gasteiger partial charge in [0.25, 0.3) is 5.78 Å². The molecule has 0 aromatic heterocycles. The van der Waals surface area contributed by atoms with E-state index in [1.54, 1.807) is 25.1 Å². The summed E-state index contributed by atoms with van der Waals surface area (Å²) in [6, 6.07) is 5.04. The van der Waals surface area contributed by atoms with Gasteiger partial charge in [-0.2, -0.15) is 0 Å². The number of hydrogen-bond acceptors (Lipinski definition) is 5. The van der Waals surface area contributed by atoms with E-state index in [0.717, 1.165) is 18.7 Å². The van der Waals surface area contributed by atoms with Crippen LogP contribution in [0.5, 0.6) is 5.75 Å². The van der Waals surface area contributed by atoms with Crippen molar-refractivity contribution in [3.05, 3.63) is 35.4 Å². The van der Waals surface area contributed by atoms with Crippen LogP contribution in [0.15, 0.2) is 24.3 Å². The summed E-state index contributed by atoms with van der Waals surface area (Å²) in [7, 11) is 1.10. The Hall–Kier alpha value is -2.30. The van der Waals surface area contributed by atoms with Gasteiger partial charge in [0, 0.05) is 11.6 Å². The van der Waals surface area contributed by atoms with Gasteiger partial charge in [0.2, 0.25) is 0 Å². The van der Waals surface area contributed by atoms with Crippen LogP contribution in [-0.2, 0) is 14.3 Å². The number of methoxy groups -OCH3 is 1. The molecule has 0 amide bonds. The Kier molecular flexibility index (Phi) is 5.11. The van der Waals surface area contributed by atoms with Crippen molar-refractivity contribution in [2.24, 2.45) is 0 Å². The number of aliphatic hydroxyl groups excluding tert-OH is 1. The Morgan fingerprint density at radius 2 is 2.05 bits per heavy atom. The van der Waals surface area contributed by atoms with Crippen LogP contribution in [0.4, 0.5) is 0 Å². The van der Waals surface area contributed by atoms with E-state index in [0.29, 0.717) is 17.9 Å². The normalized spacial score (nSPS) is 11.0. The minimum absolute atomic E-state index is 0.282. The van der Waals surface area contributed by atoms with E-state index in [1.807, 2.05) is 6.92 Å². The average Bonchev–Trinajstić information content (AvgIpc) is 2.38. The summed E-state index contributed by atoms with van der Waals surface area (Å²) >= 11 is 0. The first-order chi connectivity index (χ1) is 8.99. The maximum atomic E-state index is 11.3. The summed E-state index contributed by atoms with van der Waals surface area (Å²) in [6.07, 6.45) is 0.842. The van der Waals surface area contributed by atoms with Crippen molar-refractivity contribution in [3.63, 3.8) is 0 Å². The number of esters is 1. The summed E-state index contributed by atoms with van der Waals surface area (Å²) in [6.45, 7) is 4.18. The largest absolute Gasteiger partial charge is 0.507 e. The van der Waals surface area contributed by atoms with Crippen molar-refractivity contribution in [2.75, 3.05) is 13.7 Å². The number of ketones is 1. The molecule has 0 bridgehead atoms. The van der Waals surface area contributed by atoms with Gasteiger partial charge in [-0.1, -0.05) is 0 Å². The van der Waals surface area contributed by atoms with Gasteiger partial charge in [-0.25, -0.2) is 4.79 Å². The lowest BCUT2D eigenvalue weighted by molar-refractivity contribution is -0.149. The van der Waals surface area contributed by atoms with E-state index >= 15 is 0 Å². The third-order valence-corrected chi connectivity index (χ3v) is 2.44. The summed E-state index contributed by atoms with van der Waals surface area (Å²) in [5, 5.41) is 9.83. The summed E-state index contributed by atoms with van der Waals surface area (Å²) < 4.78 is 9.58. The Morgan fingerprint density at radius 3 is 2.58 bits per heavy atom. The van der Waals surface area contributed by atoms with Gasteiger partial charge in [-0.05, 0) is 37.6 Å². The molecule has 0 saturated heterocycles. The molecule has 0 radical (unpaired) electrons. The number of rotatable bonds is 5. The standard InChI is InChI=1S/C14H16O5/c1-4-19-10-5-6-11(9(2)7-10)12(15)8-13(16)14(17)18-3/h5-8,15H,4H2,1-3H3/b12-8-. The lowest BCUT2D eigenvalue weighted by Gasteiger charge is -2.08. The Bertz CT molecular complexity index is 517. The van der Waals surface area contributed by atoms with E-state index in [4.69, 9.17) is 4.74 Å². The maximum Gasteiger partial charge on any atom is 0.378 e. The van der Waals surface area contributed by atoms with Gasteiger partial charge in [-0.3, -0.25) is 4.79 Å². The highest BCUT2D eigenvalue weighted by atomic mass is 16.5. The second kappa shape index (κ2) is 6.58. The molecule has 5 nitrogen and oxygen atoms in total. The Balaban J connectivity index is 3.00.